The quantitative estimate of drug-likeness (QED) is 0.809. The molecule has 2 aromatic rings. The van der Waals surface area contributed by atoms with Crippen LogP contribution in [0.1, 0.15) is 27.9 Å². The summed E-state index contributed by atoms with van der Waals surface area (Å²) in [6.45, 7) is 0.857. The minimum absolute atomic E-state index is 0.328. The van der Waals surface area contributed by atoms with Crippen molar-refractivity contribution in [3.05, 3.63) is 58.9 Å². The molecule has 0 saturated heterocycles. The van der Waals surface area contributed by atoms with Crippen LogP contribution in [0.25, 0.3) is 0 Å². The van der Waals surface area contributed by atoms with E-state index >= 15 is 0 Å². The number of carbonyl (C=O) groups is 1. The first-order valence-electron chi connectivity index (χ1n) is 7.78. The summed E-state index contributed by atoms with van der Waals surface area (Å²) in [6, 6.07) is 7.60. The normalized spacial score (nSPS) is 14.2. The number of hydrogen-bond acceptors (Lipinski definition) is 2. The number of amides is 1. The summed E-state index contributed by atoms with van der Waals surface area (Å²) in [5.41, 5.74) is 0.0530. The Bertz CT molecular complexity index is 817. The van der Waals surface area contributed by atoms with Gasteiger partial charge in [0, 0.05) is 25.0 Å². The smallest absolute Gasteiger partial charge is 0.374 e. The van der Waals surface area contributed by atoms with Gasteiger partial charge in [-0.25, -0.2) is 4.39 Å². The molecule has 1 N–H and O–H groups in total. The third kappa shape index (κ3) is 3.45. The van der Waals surface area contributed by atoms with Crippen LogP contribution in [0.3, 0.4) is 0 Å². The Balaban J connectivity index is 1.93. The number of halogens is 4. The highest BCUT2D eigenvalue weighted by Gasteiger charge is 2.36. The van der Waals surface area contributed by atoms with Crippen LogP contribution < -0.4 is 10.2 Å². The van der Waals surface area contributed by atoms with Crippen LogP contribution in [0.4, 0.5) is 28.9 Å². The Kier molecular flexibility index (Phi) is 4.41. The number of rotatable bonds is 2. The molecule has 25 heavy (non-hydrogen) atoms. The molecule has 0 atom stereocenters. The minimum atomic E-state index is -4.81. The van der Waals surface area contributed by atoms with Gasteiger partial charge in [0.15, 0.2) is 0 Å². The molecule has 0 saturated carbocycles. The highest BCUT2D eigenvalue weighted by atomic mass is 19.4. The van der Waals surface area contributed by atoms with Crippen LogP contribution in [0.2, 0.25) is 0 Å². The van der Waals surface area contributed by atoms with Gasteiger partial charge in [-0.2, -0.15) is 13.2 Å². The Morgan fingerprint density at radius 2 is 1.96 bits per heavy atom. The van der Waals surface area contributed by atoms with E-state index in [4.69, 9.17) is 0 Å². The van der Waals surface area contributed by atoms with Crippen LogP contribution in [0.5, 0.6) is 0 Å². The van der Waals surface area contributed by atoms with E-state index in [-0.39, 0.29) is 0 Å². The first kappa shape index (κ1) is 17.3. The van der Waals surface area contributed by atoms with Crippen LogP contribution in [0.15, 0.2) is 36.4 Å². The summed E-state index contributed by atoms with van der Waals surface area (Å²) in [5, 5.41) is 2.38. The Hall–Kier alpha value is -2.57. The molecular weight excluding hydrogens is 336 g/mol. The number of aryl methyl sites for hydroxylation is 1. The summed E-state index contributed by atoms with van der Waals surface area (Å²) in [4.78, 5) is 14.3. The Labute approximate surface area is 142 Å². The van der Waals surface area contributed by atoms with Crippen molar-refractivity contribution in [1.29, 1.82) is 0 Å². The fraction of sp³-hybridized carbons (Fsp3) is 0.278. The highest BCUT2D eigenvalue weighted by Crippen LogP contribution is 2.34. The van der Waals surface area contributed by atoms with Crippen molar-refractivity contribution in [2.75, 3.05) is 23.8 Å². The van der Waals surface area contributed by atoms with Gasteiger partial charge >= 0.3 is 6.18 Å². The molecule has 0 aliphatic carbocycles. The molecule has 2 aromatic carbocycles. The van der Waals surface area contributed by atoms with Crippen molar-refractivity contribution in [2.24, 2.45) is 0 Å². The number of fused-ring (bicyclic) bond motifs is 1. The van der Waals surface area contributed by atoms with E-state index < -0.39 is 29.0 Å². The summed E-state index contributed by atoms with van der Waals surface area (Å²) < 4.78 is 53.1. The molecule has 3 nitrogen and oxygen atoms in total. The number of anilines is 2. The second-order valence-electron chi connectivity index (χ2n) is 5.98. The third-order valence-electron chi connectivity index (χ3n) is 4.24. The van der Waals surface area contributed by atoms with Gasteiger partial charge in [-0.3, -0.25) is 4.79 Å². The Morgan fingerprint density at radius 1 is 1.20 bits per heavy atom. The molecule has 0 aromatic heterocycles. The predicted octanol–water partition coefficient (Wildman–Crippen LogP) is 4.48. The summed E-state index contributed by atoms with van der Waals surface area (Å²) in [6.07, 6.45) is -2.90. The fourth-order valence-corrected chi connectivity index (χ4v) is 3.02. The molecule has 7 heteroatoms. The van der Waals surface area contributed by atoms with Crippen molar-refractivity contribution < 1.29 is 22.4 Å². The average Bonchev–Trinajstić information content (AvgIpc) is 2.54. The zero-order valence-corrected chi connectivity index (χ0v) is 13.5. The molecule has 1 aliphatic heterocycles. The minimum Gasteiger partial charge on any atom is -0.374 e. The van der Waals surface area contributed by atoms with Gasteiger partial charge in [0.05, 0.1) is 11.1 Å². The molecule has 0 bridgehead atoms. The molecule has 0 fully saturated rings. The number of hydrogen-bond donors (Lipinski definition) is 1. The van der Waals surface area contributed by atoms with Gasteiger partial charge < -0.3 is 10.2 Å². The van der Waals surface area contributed by atoms with E-state index in [1.54, 1.807) is 12.1 Å². The second kappa shape index (κ2) is 6.38. The van der Waals surface area contributed by atoms with Crippen LogP contribution >= 0.6 is 0 Å². The van der Waals surface area contributed by atoms with Gasteiger partial charge in [0.25, 0.3) is 5.91 Å². The summed E-state index contributed by atoms with van der Waals surface area (Å²) in [7, 11) is 1.90. The lowest BCUT2D eigenvalue weighted by Gasteiger charge is -2.28. The molecule has 1 amide bonds. The van der Waals surface area contributed by atoms with Crippen molar-refractivity contribution in [1.82, 2.24) is 0 Å². The van der Waals surface area contributed by atoms with Crippen molar-refractivity contribution >= 4 is 17.3 Å². The van der Waals surface area contributed by atoms with Crippen molar-refractivity contribution in [3.8, 4) is 0 Å². The SMILES string of the molecule is CN1CCCc2ccc(NC(=O)c3c(F)cccc3C(F)(F)F)cc21. The monoisotopic (exact) mass is 352 g/mol. The van der Waals surface area contributed by atoms with Gasteiger partial charge in [-0.1, -0.05) is 12.1 Å². The standard InChI is InChI=1S/C18H16F4N2O/c1-24-9-3-4-11-7-8-12(10-15(11)24)23-17(25)16-13(18(20,21)22)5-2-6-14(16)19/h2,5-8,10H,3-4,9H2,1H3,(H,23,25). The Morgan fingerprint density at radius 3 is 2.68 bits per heavy atom. The van der Waals surface area contributed by atoms with E-state index in [1.165, 1.54) is 0 Å². The third-order valence-corrected chi connectivity index (χ3v) is 4.24. The lowest BCUT2D eigenvalue weighted by Crippen LogP contribution is -2.25. The lowest BCUT2D eigenvalue weighted by atomic mass is 10.0. The van der Waals surface area contributed by atoms with E-state index in [1.807, 2.05) is 18.0 Å². The largest absolute Gasteiger partial charge is 0.417 e. The number of carbonyl (C=O) groups excluding carboxylic acids is 1. The molecule has 1 aliphatic rings. The summed E-state index contributed by atoms with van der Waals surface area (Å²) in [5.74, 6) is -2.33. The number of nitrogens with one attached hydrogen (secondary N) is 1. The molecule has 1 heterocycles. The van der Waals surface area contributed by atoms with Crippen LogP contribution in [-0.4, -0.2) is 19.5 Å². The maximum atomic E-state index is 13.9. The van der Waals surface area contributed by atoms with Gasteiger partial charge in [0.2, 0.25) is 0 Å². The lowest BCUT2D eigenvalue weighted by molar-refractivity contribution is -0.138. The second-order valence-corrected chi connectivity index (χ2v) is 5.98. The van der Waals surface area contributed by atoms with E-state index in [0.29, 0.717) is 11.8 Å². The van der Waals surface area contributed by atoms with Crippen molar-refractivity contribution in [2.45, 2.75) is 19.0 Å². The zero-order valence-electron chi connectivity index (χ0n) is 13.5. The maximum absolute atomic E-state index is 13.9. The molecule has 0 radical (unpaired) electrons. The van der Waals surface area contributed by atoms with Crippen LogP contribution in [0, 0.1) is 5.82 Å². The molecule has 0 unspecified atom stereocenters. The maximum Gasteiger partial charge on any atom is 0.417 e. The van der Waals surface area contributed by atoms with E-state index in [2.05, 4.69) is 5.32 Å². The van der Waals surface area contributed by atoms with Crippen molar-refractivity contribution in [3.63, 3.8) is 0 Å². The van der Waals surface area contributed by atoms with Gasteiger partial charge in [0.1, 0.15) is 5.82 Å². The fourth-order valence-electron chi connectivity index (χ4n) is 3.02. The first-order valence-corrected chi connectivity index (χ1v) is 7.78. The van der Waals surface area contributed by atoms with Gasteiger partial charge in [-0.05, 0) is 42.7 Å². The van der Waals surface area contributed by atoms with E-state index in [9.17, 15) is 22.4 Å². The molecular formula is C18H16F4N2O. The predicted molar refractivity (Wildman–Crippen MR) is 87.4 cm³/mol. The number of alkyl halides is 3. The average molecular weight is 352 g/mol. The summed E-state index contributed by atoms with van der Waals surface area (Å²) >= 11 is 0. The van der Waals surface area contributed by atoms with Crippen LogP contribution in [-0.2, 0) is 12.6 Å². The van der Waals surface area contributed by atoms with Gasteiger partial charge in [-0.15, -0.1) is 0 Å². The topological polar surface area (TPSA) is 32.3 Å². The number of nitrogens with zero attached hydrogens (tertiary/aromatic N) is 1. The number of benzene rings is 2. The molecule has 132 valence electrons. The van der Waals surface area contributed by atoms with E-state index in [0.717, 1.165) is 42.8 Å². The first-order chi connectivity index (χ1) is 11.8. The zero-order chi connectivity index (χ0) is 18.2. The molecule has 3 rings (SSSR count). The highest BCUT2D eigenvalue weighted by molar-refractivity contribution is 6.05. The molecule has 0 spiro atoms.